The Morgan fingerprint density at radius 1 is 1.06 bits per heavy atom. The number of carbonyl (C=O) groups is 2. The summed E-state index contributed by atoms with van der Waals surface area (Å²) < 4.78 is 18.0. The molecule has 10 nitrogen and oxygen atoms in total. The fourth-order valence-electron chi connectivity index (χ4n) is 6.00. The molecule has 5 N–H and O–H groups in total. The van der Waals surface area contributed by atoms with Crippen molar-refractivity contribution in [3.63, 3.8) is 0 Å². The minimum absolute atomic E-state index is 0. The van der Waals surface area contributed by atoms with Crippen LogP contribution in [-0.4, -0.2) is 94.8 Å². The molecule has 3 rings (SSSR count). The number of rotatable bonds is 8. The maximum Gasteiger partial charge on any atom is 0.333 e. The molecule has 1 amide bonds. The second-order valence-electron chi connectivity index (χ2n) is 9.82. The Morgan fingerprint density at radius 3 is 2.25 bits per heavy atom. The van der Waals surface area contributed by atoms with Gasteiger partial charge in [-0.05, 0) is 31.1 Å². The summed E-state index contributed by atoms with van der Waals surface area (Å²) in [5.41, 5.74) is -0.659. The fourth-order valence-corrected chi connectivity index (χ4v) is 6.00. The molecule has 0 aromatic heterocycles. The van der Waals surface area contributed by atoms with E-state index in [2.05, 4.69) is 5.32 Å². The Kier molecular flexibility index (Phi) is 7.84. The fraction of sp³-hybridized carbons (Fsp3) is 0.909. The van der Waals surface area contributed by atoms with Gasteiger partial charge < -0.3 is 40.0 Å². The van der Waals surface area contributed by atoms with Crippen LogP contribution < -0.4 is 5.32 Å². The number of hydrogen-bond acceptors (Lipinski definition) is 8. The number of carbonyl (C=O) groups excluding carboxylic acids is 1. The van der Waals surface area contributed by atoms with E-state index in [0.29, 0.717) is 6.42 Å². The molecule has 1 saturated carbocycles. The summed E-state index contributed by atoms with van der Waals surface area (Å²) in [6, 6.07) is -0.381. The summed E-state index contributed by atoms with van der Waals surface area (Å²) in [5, 5.41) is 41.7. The number of carboxylic acid groups (broad SMARTS) is 1. The van der Waals surface area contributed by atoms with Crippen molar-refractivity contribution in [2.24, 2.45) is 29.6 Å². The normalized spacial score (nSPS) is 46.1. The van der Waals surface area contributed by atoms with Gasteiger partial charge in [0.15, 0.2) is 6.10 Å². The molecule has 2 heterocycles. The third-order valence-electron chi connectivity index (χ3n) is 7.98. The summed E-state index contributed by atoms with van der Waals surface area (Å²) in [5.74, 6) is -2.12. The highest BCUT2D eigenvalue weighted by atomic mass is 16.6. The van der Waals surface area contributed by atoms with Crippen molar-refractivity contribution in [3.8, 4) is 0 Å². The first-order valence-electron chi connectivity index (χ1n) is 11.3. The van der Waals surface area contributed by atoms with Crippen molar-refractivity contribution >= 4 is 11.9 Å². The van der Waals surface area contributed by atoms with E-state index in [1.165, 1.54) is 6.92 Å². The standard InChI is InChI=1S/C22H37NO9.2H2/c1-10-11(2)17(32-20(21(28)29)14(10)6-24)9-30-22(4)5-13-18(22)15(7-25)31-16(8-26)19(13)23-12(3)27;;/h10-11,13-20,24-26H,5-9H2,1-4H3,(H,23,27)(H,28,29);2*1H/t10-,11?,13+,14-,15?,16-,17-,18-,19?,20?,22?;;/m0../s1. The van der Waals surface area contributed by atoms with Crippen LogP contribution in [0, 0.1) is 29.6 Å². The van der Waals surface area contributed by atoms with Gasteiger partial charge >= 0.3 is 5.97 Å². The van der Waals surface area contributed by atoms with E-state index in [-0.39, 0.29) is 64.9 Å². The lowest BCUT2D eigenvalue weighted by molar-refractivity contribution is -0.284. The summed E-state index contributed by atoms with van der Waals surface area (Å²) >= 11 is 0. The lowest BCUT2D eigenvalue weighted by Gasteiger charge is -2.62. The van der Waals surface area contributed by atoms with Gasteiger partial charge in [-0.25, -0.2) is 4.79 Å². The van der Waals surface area contributed by atoms with Gasteiger partial charge in [0.25, 0.3) is 0 Å². The van der Waals surface area contributed by atoms with Gasteiger partial charge in [-0.2, -0.15) is 0 Å². The van der Waals surface area contributed by atoms with Gasteiger partial charge in [0.2, 0.25) is 5.91 Å². The molecular formula is C22H41NO9. The molecule has 10 heteroatoms. The molecule has 3 fully saturated rings. The minimum atomic E-state index is -1.10. The number of ether oxygens (including phenoxy) is 3. The number of amides is 1. The molecule has 0 spiro atoms. The zero-order valence-electron chi connectivity index (χ0n) is 19.1. The molecule has 2 saturated heterocycles. The van der Waals surface area contributed by atoms with Crippen LogP contribution in [0.3, 0.4) is 0 Å². The Balaban J connectivity index is 0.00000289. The van der Waals surface area contributed by atoms with Crippen LogP contribution in [0.2, 0.25) is 0 Å². The highest BCUT2D eigenvalue weighted by molar-refractivity contribution is 5.73. The Labute approximate surface area is 191 Å². The van der Waals surface area contributed by atoms with Crippen molar-refractivity contribution in [2.75, 3.05) is 26.4 Å². The molecule has 32 heavy (non-hydrogen) atoms. The maximum atomic E-state index is 11.7. The molecular weight excluding hydrogens is 422 g/mol. The third-order valence-corrected chi connectivity index (χ3v) is 7.98. The molecule has 0 aromatic carbocycles. The molecule has 3 aliphatic rings. The van der Waals surface area contributed by atoms with E-state index in [4.69, 9.17) is 14.2 Å². The number of hydrogen-bond donors (Lipinski definition) is 5. The zero-order valence-corrected chi connectivity index (χ0v) is 19.1. The average molecular weight is 464 g/mol. The molecule has 0 bridgehead atoms. The minimum Gasteiger partial charge on any atom is -0.479 e. The predicted octanol–water partition coefficient (Wildman–Crippen LogP) is -0.121. The Bertz CT molecular complexity index is 701. The Hall–Kier alpha value is -1.30. The van der Waals surface area contributed by atoms with Crippen molar-refractivity contribution in [3.05, 3.63) is 0 Å². The summed E-state index contributed by atoms with van der Waals surface area (Å²) in [4.78, 5) is 23.4. The number of nitrogens with one attached hydrogen (secondary N) is 1. The SMILES string of the molecule is CC(=O)NC1[C@H](CO)OC(CO)[C@@H]2[C@H]1CC2(C)OC[C@@H]1OC(C(=O)O)[C@@H](CO)[C@@H](C)C1C.[HH].[HH]. The summed E-state index contributed by atoms with van der Waals surface area (Å²) in [6.45, 7) is 6.62. The molecule has 0 radical (unpaired) electrons. The zero-order chi connectivity index (χ0) is 23.8. The lowest BCUT2D eigenvalue weighted by Crippen LogP contribution is -2.72. The van der Waals surface area contributed by atoms with Crippen LogP contribution in [0.15, 0.2) is 0 Å². The number of carboxylic acids is 1. The van der Waals surface area contributed by atoms with Gasteiger partial charge in [0.1, 0.15) is 6.10 Å². The van der Waals surface area contributed by atoms with Crippen molar-refractivity contribution in [1.29, 1.82) is 0 Å². The van der Waals surface area contributed by atoms with Crippen molar-refractivity contribution in [2.45, 2.75) is 70.2 Å². The van der Waals surface area contributed by atoms with Crippen LogP contribution in [0.25, 0.3) is 0 Å². The average Bonchev–Trinajstić information content (AvgIpc) is 2.73. The molecule has 0 aromatic rings. The lowest BCUT2D eigenvalue weighted by atomic mass is 9.55. The van der Waals surface area contributed by atoms with E-state index >= 15 is 0 Å². The first-order valence-corrected chi connectivity index (χ1v) is 11.3. The van der Waals surface area contributed by atoms with Gasteiger partial charge in [-0.3, -0.25) is 4.79 Å². The summed E-state index contributed by atoms with van der Waals surface area (Å²) in [7, 11) is 0. The molecule has 1 aliphatic carbocycles. The van der Waals surface area contributed by atoms with Gasteiger partial charge in [0.05, 0.1) is 43.7 Å². The highest BCUT2D eigenvalue weighted by Gasteiger charge is 2.62. The van der Waals surface area contributed by atoms with E-state index < -0.39 is 41.9 Å². The van der Waals surface area contributed by atoms with Crippen LogP contribution in [0.1, 0.15) is 37.0 Å². The highest BCUT2D eigenvalue weighted by Crippen LogP contribution is 2.54. The van der Waals surface area contributed by atoms with Crippen LogP contribution >= 0.6 is 0 Å². The number of aliphatic hydroxyl groups is 3. The van der Waals surface area contributed by atoms with E-state index in [9.17, 15) is 30.0 Å². The predicted molar refractivity (Wildman–Crippen MR) is 116 cm³/mol. The third kappa shape index (κ3) is 4.53. The van der Waals surface area contributed by atoms with Crippen molar-refractivity contribution < 1.29 is 47.1 Å². The molecule has 2 aliphatic heterocycles. The topological polar surface area (TPSA) is 155 Å². The quantitative estimate of drug-likeness (QED) is 0.331. The van der Waals surface area contributed by atoms with Crippen LogP contribution in [0.5, 0.6) is 0 Å². The monoisotopic (exact) mass is 463 g/mol. The van der Waals surface area contributed by atoms with Crippen LogP contribution in [0.4, 0.5) is 0 Å². The largest absolute Gasteiger partial charge is 0.479 e. The van der Waals surface area contributed by atoms with Crippen LogP contribution in [-0.2, 0) is 23.8 Å². The van der Waals surface area contributed by atoms with E-state index in [1.807, 2.05) is 20.8 Å². The first kappa shape index (κ1) is 25.3. The number of aliphatic hydroxyl groups excluding tert-OH is 3. The first-order chi connectivity index (χ1) is 15.1. The van der Waals surface area contributed by atoms with Gasteiger partial charge in [0, 0.05) is 28.2 Å². The Morgan fingerprint density at radius 2 is 1.72 bits per heavy atom. The molecule has 5 unspecified atom stereocenters. The molecule has 11 atom stereocenters. The second kappa shape index (κ2) is 9.90. The van der Waals surface area contributed by atoms with Crippen molar-refractivity contribution in [1.82, 2.24) is 5.32 Å². The number of aliphatic carboxylic acids is 1. The smallest absolute Gasteiger partial charge is 0.333 e. The van der Waals surface area contributed by atoms with E-state index in [0.717, 1.165) is 0 Å². The van der Waals surface area contributed by atoms with Gasteiger partial charge in [-0.1, -0.05) is 13.8 Å². The molecule has 188 valence electrons. The second-order valence-corrected chi connectivity index (χ2v) is 9.82. The summed E-state index contributed by atoms with van der Waals surface area (Å²) in [6.07, 6.45) is -2.11. The number of fused-ring (bicyclic) bond motifs is 1. The maximum absolute atomic E-state index is 11.7. The van der Waals surface area contributed by atoms with E-state index in [1.54, 1.807) is 0 Å². The van der Waals surface area contributed by atoms with Gasteiger partial charge in [-0.15, -0.1) is 0 Å².